The molecule has 0 aromatic carbocycles. The third kappa shape index (κ3) is 5.46. The van der Waals surface area contributed by atoms with Crippen molar-refractivity contribution in [2.45, 2.75) is 13.3 Å². The first-order chi connectivity index (χ1) is 5.20. The minimum absolute atomic E-state index is 0.0396. The average Bonchev–Trinajstić information content (AvgIpc) is 1.87. The van der Waals surface area contributed by atoms with Crippen molar-refractivity contribution in [2.75, 3.05) is 0 Å². The molecule has 0 fully saturated rings. The van der Waals surface area contributed by atoms with Gasteiger partial charge in [-0.05, 0) is 13.0 Å². The van der Waals surface area contributed by atoms with Gasteiger partial charge in [0, 0.05) is 0 Å². The number of carbonyl (C=O) groups excluding carboxylic acids is 1. The minimum atomic E-state index is -0.431. The summed E-state index contributed by atoms with van der Waals surface area (Å²) in [7, 11) is 0. The number of ether oxygens (including phenoxy) is 1. The standard InChI is InChI=1S/C8H9ClO2/c1-3-5-7(9)6-8(10)11-4-2/h3-4H,2,6H2,1H3. The Balaban J connectivity index is 3.95. The molecule has 0 unspecified atom stereocenters. The summed E-state index contributed by atoms with van der Waals surface area (Å²) in [4.78, 5) is 10.7. The molecule has 0 amide bonds. The van der Waals surface area contributed by atoms with Crippen LogP contribution in [0.3, 0.4) is 0 Å². The van der Waals surface area contributed by atoms with E-state index in [1.54, 1.807) is 13.0 Å². The van der Waals surface area contributed by atoms with Crippen molar-refractivity contribution in [2.24, 2.45) is 0 Å². The number of carbonyl (C=O) groups is 1. The molecule has 0 saturated carbocycles. The van der Waals surface area contributed by atoms with Crippen LogP contribution in [-0.2, 0) is 9.53 Å². The second-order valence-corrected chi connectivity index (χ2v) is 2.13. The third-order valence-electron chi connectivity index (χ3n) is 0.815. The van der Waals surface area contributed by atoms with Crippen LogP contribution < -0.4 is 0 Å². The Hall–Kier alpha value is -0.980. The molecule has 0 aliphatic heterocycles. The van der Waals surface area contributed by atoms with Gasteiger partial charge in [0.05, 0.1) is 17.7 Å². The van der Waals surface area contributed by atoms with E-state index in [2.05, 4.69) is 17.0 Å². The van der Waals surface area contributed by atoms with Crippen LogP contribution in [0.5, 0.6) is 0 Å². The zero-order chi connectivity index (χ0) is 8.69. The molecule has 60 valence electrons. The normalized spacial score (nSPS) is 7.82. The molecule has 0 spiro atoms. The first-order valence-electron chi connectivity index (χ1n) is 3.06. The van der Waals surface area contributed by atoms with Crippen LogP contribution in [0.15, 0.2) is 29.7 Å². The summed E-state index contributed by atoms with van der Waals surface area (Å²) in [5.74, 6) is -0.431. The van der Waals surface area contributed by atoms with Crippen LogP contribution in [0.1, 0.15) is 13.3 Å². The second-order valence-electron chi connectivity index (χ2n) is 1.67. The summed E-state index contributed by atoms with van der Waals surface area (Å²) in [5.41, 5.74) is 2.66. The molecule has 0 aliphatic carbocycles. The second kappa shape index (κ2) is 5.78. The first kappa shape index (κ1) is 10.0. The Kier molecular flexibility index (Phi) is 5.26. The van der Waals surface area contributed by atoms with Crippen LogP contribution in [0.4, 0.5) is 0 Å². The molecule has 0 aromatic rings. The van der Waals surface area contributed by atoms with Gasteiger partial charge in [0.2, 0.25) is 0 Å². The Morgan fingerprint density at radius 2 is 2.45 bits per heavy atom. The molecule has 0 rings (SSSR count). The summed E-state index contributed by atoms with van der Waals surface area (Å²) in [6.45, 7) is 5.00. The van der Waals surface area contributed by atoms with Gasteiger partial charge in [-0.25, -0.2) is 0 Å². The maximum atomic E-state index is 10.7. The Morgan fingerprint density at radius 1 is 1.82 bits per heavy atom. The first-order valence-corrected chi connectivity index (χ1v) is 3.44. The van der Waals surface area contributed by atoms with E-state index in [0.29, 0.717) is 5.03 Å². The molecule has 0 aromatic heterocycles. The van der Waals surface area contributed by atoms with Gasteiger partial charge >= 0.3 is 5.97 Å². The highest BCUT2D eigenvalue weighted by Crippen LogP contribution is 2.05. The van der Waals surface area contributed by atoms with Gasteiger partial charge in [-0.15, -0.1) is 5.73 Å². The van der Waals surface area contributed by atoms with Crippen molar-refractivity contribution in [3.05, 3.63) is 29.7 Å². The molecule has 11 heavy (non-hydrogen) atoms. The average molecular weight is 173 g/mol. The molecular formula is C8H9ClO2. The molecule has 0 N–H and O–H groups in total. The van der Waals surface area contributed by atoms with Gasteiger partial charge in [-0.3, -0.25) is 4.79 Å². The molecule has 0 atom stereocenters. The van der Waals surface area contributed by atoms with Crippen molar-refractivity contribution in [1.29, 1.82) is 0 Å². The van der Waals surface area contributed by atoms with Crippen molar-refractivity contribution < 1.29 is 9.53 Å². The highest BCUT2D eigenvalue weighted by molar-refractivity contribution is 6.30. The van der Waals surface area contributed by atoms with E-state index in [9.17, 15) is 4.79 Å². The number of hydrogen-bond donors (Lipinski definition) is 0. The van der Waals surface area contributed by atoms with Crippen LogP contribution in [0.2, 0.25) is 0 Å². The predicted molar refractivity (Wildman–Crippen MR) is 44.0 cm³/mol. The molecule has 0 saturated heterocycles. The van der Waals surface area contributed by atoms with Gasteiger partial charge in [0.1, 0.15) is 0 Å². The highest BCUT2D eigenvalue weighted by atomic mass is 35.5. The Labute approximate surface area is 70.8 Å². The van der Waals surface area contributed by atoms with Crippen LogP contribution in [0.25, 0.3) is 0 Å². The summed E-state index contributed by atoms with van der Waals surface area (Å²) >= 11 is 5.55. The fourth-order valence-corrected chi connectivity index (χ4v) is 0.687. The highest BCUT2D eigenvalue weighted by Gasteiger charge is 2.01. The molecule has 0 heterocycles. The minimum Gasteiger partial charge on any atom is -0.435 e. The van der Waals surface area contributed by atoms with E-state index >= 15 is 0 Å². The summed E-state index contributed by atoms with van der Waals surface area (Å²) in [5, 5.41) is 0.333. The molecular weight excluding hydrogens is 164 g/mol. The molecule has 0 aliphatic rings. The summed E-state index contributed by atoms with van der Waals surface area (Å²) < 4.78 is 4.42. The van der Waals surface area contributed by atoms with E-state index in [-0.39, 0.29) is 6.42 Å². The van der Waals surface area contributed by atoms with Crippen molar-refractivity contribution in [1.82, 2.24) is 0 Å². The third-order valence-corrected chi connectivity index (χ3v) is 1.06. The van der Waals surface area contributed by atoms with Crippen molar-refractivity contribution in [3.8, 4) is 0 Å². The zero-order valence-electron chi connectivity index (χ0n) is 6.26. The van der Waals surface area contributed by atoms with Crippen molar-refractivity contribution >= 4 is 17.6 Å². The lowest BCUT2D eigenvalue weighted by molar-refractivity contribution is -0.137. The lowest BCUT2D eigenvalue weighted by atomic mass is 10.4. The molecule has 0 bridgehead atoms. The maximum Gasteiger partial charge on any atom is 0.316 e. The monoisotopic (exact) mass is 172 g/mol. The van der Waals surface area contributed by atoms with Crippen LogP contribution >= 0.6 is 11.6 Å². The molecule has 3 heteroatoms. The van der Waals surface area contributed by atoms with E-state index in [0.717, 1.165) is 6.26 Å². The Bertz CT molecular complexity index is 212. The fourth-order valence-electron chi connectivity index (χ4n) is 0.469. The topological polar surface area (TPSA) is 26.3 Å². The number of rotatable bonds is 3. The number of esters is 1. The maximum absolute atomic E-state index is 10.7. The van der Waals surface area contributed by atoms with Gasteiger partial charge in [-0.2, -0.15) is 0 Å². The van der Waals surface area contributed by atoms with E-state index in [1.807, 2.05) is 0 Å². The molecule has 2 nitrogen and oxygen atoms in total. The summed E-state index contributed by atoms with van der Waals surface area (Å²) in [6.07, 6.45) is 2.74. The number of hydrogen-bond acceptors (Lipinski definition) is 2. The Morgan fingerprint density at radius 3 is 2.91 bits per heavy atom. The smallest absolute Gasteiger partial charge is 0.316 e. The predicted octanol–water partition coefficient (Wildman–Crippen LogP) is 2.36. The number of halogens is 1. The van der Waals surface area contributed by atoms with Gasteiger partial charge < -0.3 is 4.74 Å². The summed E-state index contributed by atoms with van der Waals surface area (Å²) in [6, 6.07) is 0. The SMILES string of the molecule is C=COC(=O)CC(Cl)=C=CC. The largest absolute Gasteiger partial charge is 0.435 e. The van der Waals surface area contributed by atoms with Gasteiger partial charge in [0.25, 0.3) is 0 Å². The lowest BCUT2D eigenvalue weighted by Crippen LogP contribution is -1.97. The quantitative estimate of drug-likeness (QED) is 0.371. The van der Waals surface area contributed by atoms with E-state index in [4.69, 9.17) is 11.6 Å². The van der Waals surface area contributed by atoms with Crippen LogP contribution in [0, 0.1) is 0 Å². The van der Waals surface area contributed by atoms with E-state index < -0.39 is 5.97 Å². The lowest BCUT2D eigenvalue weighted by Gasteiger charge is -1.93. The fraction of sp³-hybridized carbons (Fsp3) is 0.250. The van der Waals surface area contributed by atoms with E-state index in [1.165, 1.54) is 0 Å². The van der Waals surface area contributed by atoms with Crippen LogP contribution in [-0.4, -0.2) is 5.97 Å². The molecule has 0 radical (unpaired) electrons. The van der Waals surface area contributed by atoms with Gasteiger partial charge in [0.15, 0.2) is 0 Å². The zero-order valence-corrected chi connectivity index (χ0v) is 7.02. The van der Waals surface area contributed by atoms with Crippen molar-refractivity contribution in [3.63, 3.8) is 0 Å². The van der Waals surface area contributed by atoms with Gasteiger partial charge in [-0.1, -0.05) is 18.2 Å².